The van der Waals surface area contributed by atoms with E-state index in [2.05, 4.69) is 5.32 Å². The zero-order valence-electron chi connectivity index (χ0n) is 11.4. The Hall–Kier alpha value is -2.49. The highest BCUT2D eigenvalue weighted by molar-refractivity contribution is 5.97. The lowest BCUT2D eigenvalue weighted by Gasteiger charge is -2.15. The Morgan fingerprint density at radius 1 is 1.10 bits per heavy atom. The van der Waals surface area contributed by atoms with Crippen molar-refractivity contribution in [2.75, 3.05) is 0 Å². The van der Waals surface area contributed by atoms with Crippen molar-refractivity contribution in [2.24, 2.45) is 0 Å². The molecule has 4 nitrogen and oxygen atoms in total. The molecule has 0 aliphatic rings. The van der Waals surface area contributed by atoms with Crippen LogP contribution in [-0.4, -0.2) is 16.1 Å². The van der Waals surface area contributed by atoms with Crippen molar-refractivity contribution in [3.05, 3.63) is 59.2 Å². The van der Waals surface area contributed by atoms with Crippen molar-refractivity contribution in [3.8, 4) is 11.5 Å². The largest absolute Gasteiger partial charge is 0.504 e. The summed E-state index contributed by atoms with van der Waals surface area (Å²) in [6.07, 6.45) is 0. The first kappa shape index (κ1) is 13.9. The van der Waals surface area contributed by atoms with Gasteiger partial charge in [-0.2, -0.15) is 0 Å². The van der Waals surface area contributed by atoms with Crippen molar-refractivity contribution in [1.29, 1.82) is 0 Å². The maximum absolute atomic E-state index is 12.1. The summed E-state index contributed by atoms with van der Waals surface area (Å²) < 4.78 is 0. The zero-order valence-corrected chi connectivity index (χ0v) is 11.4. The predicted octanol–water partition coefficient (Wildman–Crippen LogP) is 2.90. The fourth-order valence-corrected chi connectivity index (χ4v) is 1.93. The van der Waals surface area contributed by atoms with E-state index >= 15 is 0 Å². The molecule has 4 heteroatoms. The van der Waals surface area contributed by atoms with Gasteiger partial charge in [0.2, 0.25) is 0 Å². The van der Waals surface area contributed by atoms with E-state index in [1.165, 1.54) is 18.2 Å². The summed E-state index contributed by atoms with van der Waals surface area (Å²) in [5.41, 5.74) is 2.19. The Labute approximate surface area is 117 Å². The van der Waals surface area contributed by atoms with Crippen LogP contribution < -0.4 is 5.32 Å². The number of benzene rings is 2. The van der Waals surface area contributed by atoms with Crippen molar-refractivity contribution in [1.82, 2.24) is 5.32 Å². The maximum atomic E-state index is 12.1. The molecule has 0 saturated heterocycles. The minimum Gasteiger partial charge on any atom is -0.504 e. The summed E-state index contributed by atoms with van der Waals surface area (Å²) in [6, 6.07) is 12.0. The fourth-order valence-electron chi connectivity index (χ4n) is 1.93. The smallest absolute Gasteiger partial charge is 0.255 e. The minimum absolute atomic E-state index is 0.0592. The number of hydrogen-bond donors (Lipinski definition) is 3. The molecule has 0 bridgehead atoms. The lowest BCUT2D eigenvalue weighted by Crippen LogP contribution is -2.26. The van der Waals surface area contributed by atoms with Crippen LogP contribution in [0.5, 0.6) is 11.5 Å². The number of amides is 1. The molecule has 2 rings (SSSR count). The van der Waals surface area contributed by atoms with E-state index in [9.17, 15) is 15.0 Å². The SMILES string of the molecule is Cc1ccc(C(C)NC(=O)c2cccc(O)c2O)cc1. The van der Waals surface area contributed by atoms with Gasteiger partial charge < -0.3 is 15.5 Å². The van der Waals surface area contributed by atoms with E-state index in [4.69, 9.17) is 0 Å². The second kappa shape index (κ2) is 5.65. The Bertz CT molecular complexity index is 620. The first-order valence-corrected chi connectivity index (χ1v) is 6.37. The Balaban J connectivity index is 2.15. The van der Waals surface area contributed by atoms with Crippen LogP contribution >= 0.6 is 0 Å². The van der Waals surface area contributed by atoms with Gasteiger partial charge in [0.15, 0.2) is 11.5 Å². The molecule has 0 heterocycles. The second-order valence-corrected chi connectivity index (χ2v) is 4.78. The van der Waals surface area contributed by atoms with Gasteiger partial charge in [0.1, 0.15) is 0 Å². The standard InChI is InChI=1S/C16H17NO3/c1-10-6-8-12(9-7-10)11(2)17-16(20)13-4-3-5-14(18)15(13)19/h3-9,11,18-19H,1-2H3,(H,17,20). The van der Waals surface area contributed by atoms with Gasteiger partial charge in [-0.3, -0.25) is 4.79 Å². The first-order chi connectivity index (χ1) is 9.49. The summed E-state index contributed by atoms with van der Waals surface area (Å²) in [5.74, 6) is -1.13. The van der Waals surface area contributed by atoms with Crippen LogP contribution in [0.15, 0.2) is 42.5 Å². The third kappa shape index (κ3) is 2.91. The molecule has 0 aliphatic heterocycles. The normalized spacial score (nSPS) is 11.9. The van der Waals surface area contributed by atoms with Gasteiger partial charge in [0.05, 0.1) is 11.6 Å². The predicted molar refractivity (Wildman–Crippen MR) is 76.8 cm³/mol. The Kier molecular flexibility index (Phi) is 3.94. The van der Waals surface area contributed by atoms with Gasteiger partial charge in [0.25, 0.3) is 5.91 Å². The number of nitrogens with one attached hydrogen (secondary N) is 1. The van der Waals surface area contributed by atoms with E-state index in [0.29, 0.717) is 0 Å². The van der Waals surface area contributed by atoms with E-state index in [-0.39, 0.29) is 17.4 Å². The molecule has 104 valence electrons. The van der Waals surface area contributed by atoms with E-state index in [1.54, 1.807) is 0 Å². The molecule has 3 N–H and O–H groups in total. The minimum atomic E-state index is -0.425. The van der Waals surface area contributed by atoms with Crippen molar-refractivity contribution < 1.29 is 15.0 Å². The molecule has 0 aromatic heterocycles. The molecule has 0 spiro atoms. The summed E-state index contributed by atoms with van der Waals surface area (Å²) >= 11 is 0. The van der Waals surface area contributed by atoms with Gasteiger partial charge in [-0.1, -0.05) is 35.9 Å². The van der Waals surface area contributed by atoms with Crippen LogP contribution in [0.1, 0.15) is 34.5 Å². The Morgan fingerprint density at radius 3 is 2.40 bits per heavy atom. The molecule has 0 saturated carbocycles. The Morgan fingerprint density at radius 2 is 1.75 bits per heavy atom. The summed E-state index contributed by atoms with van der Waals surface area (Å²) in [6.45, 7) is 3.86. The highest BCUT2D eigenvalue weighted by atomic mass is 16.3. The van der Waals surface area contributed by atoms with Crippen molar-refractivity contribution in [3.63, 3.8) is 0 Å². The van der Waals surface area contributed by atoms with Crippen LogP contribution in [0.3, 0.4) is 0 Å². The first-order valence-electron chi connectivity index (χ1n) is 6.37. The zero-order chi connectivity index (χ0) is 14.7. The van der Waals surface area contributed by atoms with E-state index < -0.39 is 11.7 Å². The maximum Gasteiger partial charge on any atom is 0.255 e. The average Bonchev–Trinajstić information content (AvgIpc) is 2.42. The molecule has 0 radical (unpaired) electrons. The average molecular weight is 271 g/mol. The van der Waals surface area contributed by atoms with Gasteiger partial charge in [-0.25, -0.2) is 0 Å². The van der Waals surface area contributed by atoms with Crippen molar-refractivity contribution in [2.45, 2.75) is 19.9 Å². The summed E-state index contributed by atoms with van der Waals surface area (Å²) in [7, 11) is 0. The number of aromatic hydroxyl groups is 2. The van der Waals surface area contributed by atoms with Gasteiger partial charge in [0, 0.05) is 0 Å². The van der Waals surface area contributed by atoms with Crippen molar-refractivity contribution >= 4 is 5.91 Å². The molecule has 1 unspecified atom stereocenters. The van der Waals surface area contributed by atoms with E-state index in [1.807, 2.05) is 38.1 Å². The molecule has 1 atom stereocenters. The molecular formula is C16H17NO3. The molecule has 2 aromatic carbocycles. The number of hydrogen-bond acceptors (Lipinski definition) is 3. The van der Waals surface area contributed by atoms with Crippen LogP contribution in [-0.2, 0) is 0 Å². The monoisotopic (exact) mass is 271 g/mol. The van der Waals surface area contributed by atoms with Gasteiger partial charge in [-0.05, 0) is 31.5 Å². The number of rotatable bonds is 3. The number of aryl methyl sites for hydroxylation is 1. The summed E-state index contributed by atoms with van der Waals surface area (Å²) in [5, 5.41) is 21.9. The molecule has 20 heavy (non-hydrogen) atoms. The summed E-state index contributed by atoms with van der Waals surface area (Å²) in [4.78, 5) is 12.1. The quantitative estimate of drug-likeness (QED) is 0.752. The lowest BCUT2D eigenvalue weighted by molar-refractivity contribution is 0.0936. The lowest BCUT2D eigenvalue weighted by atomic mass is 10.1. The highest BCUT2D eigenvalue weighted by Gasteiger charge is 2.16. The van der Waals surface area contributed by atoms with E-state index in [0.717, 1.165) is 11.1 Å². The van der Waals surface area contributed by atoms with Crippen LogP contribution in [0.25, 0.3) is 0 Å². The second-order valence-electron chi connectivity index (χ2n) is 4.78. The topological polar surface area (TPSA) is 69.6 Å². The van der Waals surface area contributed by atoms with Crippen LogP contribution in [0.2, 0.25) is 0 Å². The number of para-hydroxylation sites is 1. The third-order valence-electron chi connectivity index (χ3n) is 3.18. The molecule has 2 aromatic rings. The molecule has 0 fully saturated rings. The van der Waals surface area contributed by atoms with Gasteiger partial charge >= 0.3 is 0 Å². The molecular weight excluding hydrogens is 254 g/mol. The van der Waals surface area contributed by atoms with Crippen LogP contribution in [0, 0.1) is 6.92 Å². The number of carbonyl (C=O) groups excluding carboxylic acids is 1. The highest BCUT2D eigenvalue weighted by Crippen LogP contribution is 2.28. The number of carbonyl (C=O) groups is 1. The third-order valence-corrected chi connectivity index (χ3v) is 3.18. The number of phenols is 2. The fraction of sp³-hybridized carbons (Fsp3) is 0.188. The van der Waals surface area contributed by atoms with Crippen LogP contribution in [0.4, 0.5) is 0 Å². The van der Waals surface area contributed by atoms with Gasteiger partial charge in [-0.15, -0.1) is 0 Å². The number of phenolic OH excluding ortho intramolecular Hbond substituents is 2. The molecule has 0 aliphatic carbocycles. The molecule has 1 amide bonds.